The topological polar surface area (TPSA) is 125 Å². The quantitative estimate of drug-likeness (QED) is 0.141. The van der Waals surface area contributed by atoms with E-state index in [4.69, 9.17) is 15.2 Å². The molecule has 0 aromatic carbocycles. The van der Waals surface area contributed by atoms with Crippen molar-refractivity contribution in [3.63, 3.8) is 0 Å². The third-order valence-corrected chi connectivity index (χ3v) is 8.10. The van der Waals surface area contributed by atoms with E-state index in [1.54, 1.807) is 0 Å². The molecular formula is C26H53NO6S. The number of aliphatic hydroxyl groups is 4. The second-order valence-electron chi connectivity index (χ2n) is 9.84. The summed E-state index contributed by atoms with van der Waals surface area (Å²) in [7, 11) is 0. The number of thioether (sulfide) groups is 1. The molecule has 0 radical (unpaired) electrons. The fraction of sp³-hybridized carbons (Fsp3) is 1.00. The minimum Gasteiger partial charge on any atom is -0.396 e. The second kappa shape index (κ2) is 21.2. The van der Waals surface area contributed by atoms with Crippen LogP contribution >= 0.6 is 11.8 Å². The highest BCUT2D eigenvalue weighted by atomic mass is 32.2. The molecule has 1 saturated heterocycles. The fourth-order valence-corrected chi connectivity index (χ4v) is 5.55. The monoisotopic (exact) mass is 507 g/mol. The summed E-state index contributed by atoms with van der Waals surface area (Å²) in [4.78, 5) is 0. The zero-order valence-corrected chi connectivity index (χ0v) is 22.3. The molecule has 1 aliphatic rings. The Morgan fingerprint density at radius 3 is 1.85 bits per heavy atom. The van der Waals surface area contributed by atoms with Gasteiger partial charge in [-0.2, -0.15) is 0 Å². The summed E-state index contributed by atoms with van der Waals surface area (Å²) in [5.74, 6) is 0.512. The average Bonchev–Trinajstić information content (AvgIpc) is 2.85. The molecule has 1 heterocycles. The molecule has 1 aliphatic heterocycles. The van der Waals surface area contributed by atoms with Crippen LogP contribution in [0.3, 0.4) is 0 Å². The van der Waals surface area contributed by atoms with Crippen molar-refractivity contribution in [3.8, 4) is 0 Å². The highest BCUT2D eigenvalue weighted by Crippen LogP contribution is 2.28. The van der Waals surface area contributed by atoms with Gasteiger partial charge in [0.15, 0.2) is 0 Å². The number of aliphatic hydroxyl groups excluding tert-OH is 4. The molecule has 204 valence electrons. The van der Waals surface area contributed by atoms with Crippen molar-refractivity contribution in [1.29, 1.82) is 0 Å². The van der Waals surface area contributed by atoms with Gasteiger partial charge in [0.25, 0.3) is 0 Å². The van der Waals surface area contributed by atoms with Gasteiger partial charge in [-0.3, -0.25) is 0 Å². The zero-order chi connectivity index (χ0) is 25.0. The first-order valence-electron chi connectivity index (χ1n) is 13.7. The maximum Gasteiger partial charge on any atom is 0.121 e. The molecule has 0 spiro atoms. The van der Waals surface area contributed by atoms with Crippen LogP contribution in [-0.4, -0.2) is 82.4 Å². The number of nitrogens with two attached hydrogens (primary N) is 1. The Balaban J connectivity index is 1.97. The summed E-state index contributed by atoms with van der Waals surface area (Å²) in [6, 6.07) is -0.751. The number of rotatable bonds is 22. The molecule has 0 saturated carbocycles. The van der Waals surface area contributed by atoms with Crippen LogP contribution in [0.15, 0.2) is 0 Å². The summed E-state index contributed by atoms with van der Waals surface area (Å²) in [5.41, 5.74) is 5.42. The molecule has 6 atom stereocenters. The smallest absolute Gasteiger partial charge is 0.121 e. The summed E-state index contributed by atoms with van der Waals surface area (Å²) in [6.07, 6.45) is 15.5. The first-order chi connectivity index (χ1) is 16.5. The van der Waals surface area contributed by atoms with Crippen molar-refractivity contribution in [2.75, 3.05) is 32.2 Å². The standard InChI is InChI=1S/C26H53NO6S/c1-2-3-4-5-6-7-8-9-10-11-12-13-14-15-16-32-19-21(17-28)20-34-26-23(27)25(31)24(30)22(18-29)33-26/h21-26,28-31H,2-20,27H2,1H3/t21-,22?,23?,24-,25-,26-/m1/s1. The first kappa shape index (κ1) is 32.1. The zero-order valence-electron chi connectivity index (χ0n) is 21.5. The molecule has 0 aromatic rings. The lowest BCUT2D eigenvalue weighted by Gasteiger charge is -2.40. The molecular weight excluding hydrogens is 454 g/mol. The van der Waals surface area contributed by atoms with Crippen LogP contribution in [0.5, 0.6) is 0 Å². The molecule has 2 unspecified atom stereocenters. The van der Waals surface area contributed by atoms with Crippen molar-refractivity contribution in [2.24, 2.45) is 11.7 Å². The Labute approximate surface area is 212 Å². The Morgan fingerprint density at radius 1 is 0.824 bits per heavy atom. The van der Waals surface area contributed by atoms with E-state index >= 15 is 0 Å². The van der Waals surface area contributed by atoms with Crippen LogP contribution in [0.4, 0.5) is 0 Å². The van der Waals surface area contributed by atoms with Gasteiger partial charge in [0, 0.05) is 24.9 Å². The van der Waals surface area contributed by atoms with Gasteiger partial charge in [0.2, 0.25) is 0 Å². The van der Waals surface area contributed by atoms with Crippen LogP contribution in [0.1, 0.15) is 96.8 Å². The predicted molar refractivity (Wildman–Crippen MR) is 140 cm³/mol. The molecule has 0 aliphatic carbocycles. The molecule has 1 fully saturated rings. The fourth-order valence-electron chi connectivity index (χ4n) is 4.29. The van der Waals surface area contributed by atoms with Crippen molar-refractivity contribution in [1.82, 2.24) is 0 Å². The Bertz CT molecular complexity index is 459. The van der Waals surface area contributed by atoms with Gasteiger partial charge in [-0.15, -0.1) is 11.8 Å². The van der Waals surface area contributed by atoms with E-state index < -0.39 is 29.8 Å². The highest BCUT2D eigenvalue weighted by molar-refractivity contribution is 7.99. The third-order valence-electron chi connectivity index (χ3n) is 6.68. The maximum atomic E-state index is 10.0. The Morgan fingerprint density at radius 2 is 1.35 bits per heavy atom. The van der Waals surface area contributed by atoms with E-state index in [9.17, 15) is 20.4 Å². The molecule has 34 heavy (non-hydrogen) atoms. The van der Waals surface area contributed by atoms with E-state index in [2.05, 4.69) is 6.92 Å². The van der Waals surface area contributed by atoms with Gasteiger partial charge in [0.1, 0.15) is 23.7 Å². The highest BCUT2D eigenvalue weighted by Gasteiger charge is 2.42. The summed E-state index contributed by atoms with van der Waals surface area (Å²) >= 11 is 1.38. The molecule has 6 N–H and O–H groups in total. The maximum absolute atomic E-state index is 10.0. The number of unbranched alkanes of at least 4 members (excludes halogenated alkanes) is 13. The molecule has 1 rings (SSSR count). The number of ether oxygens (including phenoxy) is 2. The molecule has 8 heteroatoms. The van der Waals surface area contributed by atoms with E-state index in [1.807, 2.05) is 0 Å². The Hall–Kier alpha value is 0.0700. The van der Waals surface area contributed by atoms with E-state index in [1.165, 1.54) is 95.2 Å². The van der Waals surface area contributed by atoms with E-state index in [-0.39, 0.29) is 19.1 Å². The van der Waals surface area contributed by atoms with Crippen molar-refractivity contribution < 1.29 is 29.9 Å². The normalized spacial score (nSPS) is 26.1. The largest absolute Gasteiger partial charge is 0.396 e. The Kier molecular flexibility index (Phi) is 20.0. The number of hydrogen-bond acceptors (Lipinski definition) is 8. The van der Waals surface area contributed by atoms with Gasteiger partial charge >= 0.3 is 0 Å². The third kappa shape index (κ3) is 14.0. The van der Waals surface area contributed by atoms with Gasteiger partial charge in [-0.25, -0.2) is 0 Å². The first-order valence-corrected chi connectivity index (χ1v) is 14.8. The van der Waals surface area contributed by atoms with Crippen LogP contribution in [0.2, 0.25) is 0 Å². The molecule has 0 bridgehead atoms. The summed E-state index contributed by atoms with van der Waals surface area (Å²) in [6.45, 7) is 3.06. The lowest BCUT2D eigenvalue weighted by molar-refractivity contribution is -0.165. The molecule has 0 aromatic heterocycles. The minimum atomic E-state index is -1.20. The minimum absolute atomic E-state index is 0.00229. The van der Waals surface area contributed by atoms with Crippen LogP contribution < -0.4 is 5.73 Å². The van der Waals surface area contributed by atoms with Crippen LogP contribution in [-0.2, 0) is 9.47 Å². The lowest BCUT2D eigenvalue weighted by atomic mass is 9.99. The van der Waals surface area contributed by atoms with E-state index in [0.29, 0.717) is 19.0 Å². The molecule has 0 amide bonds. The van der Waals surface area contributed by atoms with Gasteiger partial charge < -0.3 is 35.6 Å². The van der Waals surface area contributed by atoms with Crippen molar-refractivity contribution in [2.45, 2.75) is 127 Å². The summed E-state index contributed by atoms with van der Waals surface area (Å²) < 4.78 is 11.4. The number of hydrogen-bond donors (Lipinski definition) is 5. The molecule has 7 nitrogen and oxygen atoms in total. The van der Waals surface area contributed by atoms with Crippen LogP contribution in [0, 0.1) is 5.92 Å². The van der Waals surface area contributed by atoms with Crippen LogP contribution in [0.25, 0.3) is 0 Å². The SMILES string of the molecule is CCCCCCCCCCCCCCCCOC[C@@H](CO)CS[C@H]1OC(CO)[C@@H](O)[C@H](O)C1N. The van der Waals surface area contributed by atoms with Gasteiger partial charge in [-0.1, -0.05) is 90.4 Å². The van der Waals surface area contributed by atoms with E-state index in [0.717, 1.165) is 6.42 Å². The van der Waals surface area contributed by atoms with Gasteiger partial charge in [0.05, 0.1) is 19.3 Å². The van der Waals surface area contributed by atoms with Crippen molar-refractivity contribution in [3.05, 3.63) is 0 Å². The lowest BCUT2D eigenvalue weighted by Crippen LogP contribution is -2.61. The average molecular weight is 508 g/mol. The van der Waals surface area contributed by atoms with Gasteiger partial charge in [-0.05, 0) is 6.42 Å². The second-order valence-corrected chi connectivity index (χ2v) is 11.0. The predicted octanol–water partition coefficient (Wildman–Crippen LogP) is 3.59. The van der Waals surface area contributed by atoms with Crippen molar-refractivity contribution >= 4 is 11.8 Å². The summed E-state index contributed by atoms with van der Waals surface area (Å²) in [5, 5.41) is 38.9.